The topological polar surface area (TPSA) is 150 Å². The zero-order chi connectivity index (χ0) is 27.9. The third-order valence-corrected chi connectivity index (χ3v) is 6.32. The minimum Gasteiger partial charge on any atom is -0.489 e. The van der Waals surface area contributed by atoms with E-state index in [0.717, 1.165) is 18.7 Å². The predicted molar refractivity (Wildman–Crippen MR) is 142 cm³/mol. The molecule has 4 rings (SSSR count). The highest BCUT2D eigenvalue weighted by molar-refractivity contribution is 6.31. The Bertz CT molecular complexity index is 1450. The largest absolute Gasteiger partial charge is 0.489 e. The van der Waals surface area contributed by atoms with Crippen molar-refractivity contribution in [1.82, 2.24) is 35.6 Å². The number of amides is 1. The van der Waals surface area contributed by atoms with Crippen molar-refractivity contribution in [2.75, 3.05) is 18.8 Å². The molecular weight excluding hydrogens is 529 g/mol. The minimum atomic E-state index is -0.564. The molecule has 0 saturated carbocycles. The summed E-state index contributed by atoms with van der Waals surface area (Å²) in [6.45, 7) is 7.62. The highest BCUT2D eigenvalue weighted by atomic mass is 35.5. The summed E-state index contributed by atoms with van der Waals surface area (Å²) >= 11 is 6.06. The second-order valence-corrected chi connectivity index (χ2v) is 8.79. The smallest absolute Gasteiger partial charge is 0.292 e. The van der Waals surface area contributed by atoms with Crippen LogP contribution in [0.4, 0.5) is 10.2 Å². The Labute approximate surface area is 228 Å². The van der Waals surface area contributed by atoms with E-state index >= 15 is 0 Å². The summed E-state index contributed by atoms with van der Waals surface area (Å²) < 4.78 is 25.5. The first-order chi connectivity index (χ1) is 18.8. The molecule has 0 spiro atoms. The van der Waals surface area contributed by atoms with Gasteiger partial charge in [0.2, 0.25) is 11.6 Å². The summed E-state index contributed by atoms with van der Waals surface area (Å²) in [4.78, 5) is 15.3. The molecule has 2 heterocycles. The molecule has 204 valence electrons. The van der Waals surface area contributed by atoms with Crippen LogP contribution >= 0.6 is 11.6 Å². The number of nitrogens with two attached hydrogens (primary N) is 1. The molecule has 0 aliphatic heterocycles. The quantitative estimate of drug-likeness (QED) is 0.209. The Kier molecular flexibility index (Phi) is 8.84. The molecule has 2 aromatic heterocycles. The Balaban J connectivity index is 1.49. The van der Waals surface area contributed by atoms with E-state index in [-0.39, 0.29) is 29.5 Å². The van der Waals surface area contributed by atoms with Gasteiger partial charge in [-0.2, -0.15) is 9.78 Å². The third kappa shape index (κ3) is 6.38. The van der Waals surface area contributed by atoms with Gasteiger partial charge in [-0.15, -0.1) is 5.10 Å². The number of aromatic nitrogens is 5. The number of hydrogen-bond acceptors (Lipinski definition) is 10. The summed E-state index contributed by atoms with van der Waals surface area (Å²) in [7, 11) is 0. The fourth-order valence-corrected chi connectivity index (χ4v) is 3.88. The molecule has 3 N–H and O–H groups in total. The fraction of sp³-hybridized carbons (Fsp3) is 0.280. The Morgan fingerprint density at radius 3 is 2.59 bits per heavy atom. The van der Waals surface area contributed by atoms with Crippen molar-refractivity contribution in [3.63, 3.8) is 0 Å². The van der Waals surface area contributed by atoms with Crippen LogP contribution in [0.3, 0.4) is 0 Å². The first kappa shape index (κ1) is 27.7. The van der Waals surface area contributed by atoms with E-state index in [1.807, 2.05) is 13.8 Å². The van der Waals surface area contributed by atoms with E-state index in [1.165, 1.54) is 16.8 Å². The zero-order valence-corrected chi connectivity index (χ0v) is 22.3. The Hall–Kier alpha value is -4.36. The van der Waals surface area contributed by atoms with Crippen LogP contribution in [0.15, 0.2) is 52.2 Å². The lowest BCUT2D eigenvalue weighted by molar-refractivity contribution is 0.0944. The predicted octanol–water partition coefficient (Wildman–Crippen LogP) is 3.60. The first-order valence-corrected chi connectivity index (χ1v) is 12.5. The molecule has 14 heteroatoms. The second-order valence-electron chi connectivity index (χ2n) is 8.38. The van der Waals surface area contributed by atoms with E-state index < -0.39 is 11.7 Å². The van der Waals surface area contributed by atoms with Crippen LogP contribution in [0.5, 0.6) is 5.75 Å². The van der Waals surface area contributed by atoms with Gasteiger partial charge in [0.15, 0.2) is 5.69 Å². The number of rotatable bonds is 11. The average molecular weight is 556 g/mol. The van der Waals surface area contributed by atoms with E-state index in [2.05, 4.69) is 40.7 Å². The van der Waals surface area contributed by atoms with Crippen LogP contribution in [-0.2, 0) is 13.2 Å². The lowest BCUT2D eigenvalue weighted by Gasteiger charge is -2.16. The normalized spacial score (nSPS) is 11.7. The van der Waals surface area contributed by atoms with Crippen LogP contribution in [0.25, 0.3) is 5.82 Å². The molecule has 0 unspecified atom stereocenters. The van der Waals surface area contributed by atoms with Crippen molar-refractivity contribution in [3.8, 4) is 11.6 Å². The summed E-state index contributed by atoms with van der Waals surface area (Å²) in [6.07, 6.45) is 0. The van der Waals surface area contributed by atoms with Crippen LogP contribution in [0.1, 0.15) is 48.1 Å². The van der Waals surface area contributed by atoms with Gasteiger partial charge in [0.25, 0.3) is 5.91 Å². The van der Waals surface area contributed by atoms with Gasteiger partial charge in [0.05, 0.1) is 10.7 Å². The molecule has 0 radical (unpaired) electrons. The maximum absolute atomic E-state index is 14.0. The SMILES string of the molecule is CCN(CC)Cc1nnn(-c2nonc2N)c1C(=O)NN=C(C)c1ccc(OCc2c(F)cccc2Cl)cc1. The molecule has 0 aliphatic carbocycles. The number of hydrogen-bond donors (Lipinski definition) is 2. The van der Waals surface area contributed by atoms with Crippen LogP contribution in [0.2, 0.25) is 5.02 Å². The van der Waals surface area contributed by atoms with Gasteiger partial charge in [0, 0.05) is 12.1 Å². The molecule has 0 fully saturated rings. The summed E-state index contributed by atoms with van der Waals surface area (Å²) in [5, 5.41) is 20.0. The van der Waals surface area contributed by atoms with Gasteiger partial charge in [0.1, 0.15) is 23.9 Å². The van der Waals surface area contributed by atoms with Gasteiger partial charge in [-0.25, -0.2) is 14.4 Å². The molecule has 0 aliphatic rings. The maximum Gasteiger partial charge on any atom is 0.292 e. The number of ether oxygens (including phenoxy) is 1. The molecule has 4 aromatic rings. The van der Waals surface area contributed by atoms with Crippen molar-refractivity contribution < 1.29 is 18.6 Å². The number of anilines is 1. The minimum absolute atomic E-state index is 0.0168. The van der Waals surface area contributed by atoms with Crippen molar-refractivity contribution in [2.24, 2.45) is 5.10 Å². The third-order valence-electron chi connectivity index (χ3n) is 5.96. The molecule has 1 amide bonds. The lowest BCUT2D eigenvalue weighted by atomic mass is 10.1. The summed E-state index contributed by atoms with van der Waals surface area (Å²) in [5.74, 6) is -0.471. The Morgan fingerprint density at radius 2 is 1.95 bits per heavy atom. The van der Waals surface area contributed by atoms with Crippen molar-refractivity contribution in [2.45, 2.75) is 33.9 Å². The van der Waals surface area contributed by atoms with E-state index in [1.54, 1.807) is 37.3 Å². The standard InChI is InChI=1S/C25H27ClFN9O3/c1-4-35(5-2)13-21-22(36(34-30-21)24-23(28)32-39-33-24)25(37)31-29-15(3)16-9-11-17(12-10-16)38-14-18-19(26)7-6-8-20(18)27/h6-12H,4-5,13-14H2,1-3H3,(H2,28,32)(H,31,37). The molecule has 12 nitrogen and oxygen atoms in total. The Morgan fingerprint density at radius 1 is 1.21 bits per heavy atom. The molecule has 39 heavy (non-hydrogen) atoms. The van der Waals surface area contributed by atoms with Crippen molar-refractivity contribution in [3.05, 3.63) is 75.8 Å². The summed E-state index contributed by atoms with van der Waals surface area (Å²) in [6, 6.07) is 11.4. The maximum atomic E-state index is 14.0. The van der Waals surface area contributed by atoms with Crippen LogP contribution in [0, 0.1) is 5.82 Å². The first-order valence-electron chi connectivity index (χ1n) is 12.1. The number of carbonyl (C=O) groups is 1. The lowest BCUT2D eigenvalue weighted by Crippen LogP contribution is -2.27. The van der Waals surface area contributed by atoms with Crippen molar-refractivity contribution >= 4 is 29.0 Å². The number of carbonyl (C=O) groups excluding carboxylic acids is 1. The van der Waals surface area contributed by atoms with Crippen molar-refractivity contribution in [1.29, 1.82) is 0 Å². The monoisotopic (exact) mass is 555 g/mol. The molecular formula is C25H27ClFN9O3. The van der Waals surface area contributed by atoms with Gasteiger partial charge >= 0.3 is 0 Å². The number of nitrogens with one attached hydrogen (secondary N) is 1. The number of nitrogens with zero attached hydrogens (tertiary/aromatic N) is 7. The molecule has 0 atom stereocenters. The molecule has 0 bridgehead atoms. The van der Waals surface area contributed by atoms with E-state index in [9.17, 15) is 9.18 Å². The van der Waals surface area contributed by atoms with Gasteiger partial charge in [-0.3, -0.25) is 9.69 Å². The molecule has 0 saturated heterocycles. The highest BCUT2D eigenvalue weighted by Crippen LogP contribution is 2.22. The van der Waals surface area contributed by atoms with Gasteiger partial charge < -0.3 is 10.5 Å². The number of nitrogen functional groups attached to an aromatic ring is 1. The number of halogens is 2. The van der Waals surface area contributed by atoms with E-state index in [4.69, 9.17) is 22.1 Å². The van der Waals surface area contributed by atoms with Crippen LogP contribution < -0.4 is 15.9 Å². The number of hydrazone groups is 1. The average Bonchev–Trinajstić information content (AvgIpc) is 3.55. The highest BCUT2D eigenvalue weighted by Gasteiger charge is 2.26. The van der Waals surface area contributed by atoms with E-state index in [0.29, 0.717) is 28.7 Å². The summed E-state index contributed by atoms with van der Waals surface area (Å²) in [5.41, 5.74) is 10.4. The van der Waals surface area contributed by atoms with Gasteiger partial charge in [-0.1, -0.05) is 36.7 Å². The number of benzene rings is 2. The van der Waals surface area contributed by atoms with Gasteiger partial charge in [-0.05, 0) is 72.3 Å². The fourth-order valence-electron chi connectivity index (χ4n) is 3.66. The van der Waals surface area contributed by atoms with Crippen LogP contribution in [-0.4, -0.2) is 54.9 Å². The zero-order valence-electron chi connectivity index (χ0n) is 21.6. The molecule has 2 aromatic carbocycles. The second kappa shape index (κ2) is 12.5.